The molecular weight excluding hydrogens is 338 g/mol. The van der Waals surface area contributed by atoms with Gasteiger partial charge in [-0.2, -0.15) is 0 Å². The van der Waals surface area contributed by atoms with E-state index in [1.165, 1.54) is 0 Å². The fourth-order valence-corrected chi connectivity index (χ4v) is 1.99. The molecule has 0 spiro atoms. The van der Waals surface area contributed by atoms with Gasteiger partial charge in [0.05, 0.1) is 6.42 Å². The van der Waals surface area contributed by atoms with Crippen LogP contribution in [0.2, 0.25) is 0 Å². The predicted molar refractivity (Wildman–Crippen MR) is 70.4 cm³/mol. The Balaban J connectivity index is 2.52. The number of hydrogen-bond acceptors (Lipinski definition) is 2. The zero-order chi connectivity index (χ0) is 12.1. The maximum Gasteiger partial charge on any atom is 0.304 e. The lowest BCUT2D eigenvalue weighted by Gasteiger charge is -2.15. The summed E-state index contributed by atoms with van der Waals surface area (Å²) in [5, 5.41) is 8.57. The van der Waals surface area contributed by atoms with E-state index in [2.05, 4.69) is 31.9 Å². The number of hydrogen-bond donors (Lipinski definition) is 1. The number of halogens is 2. The van der Waals surface area contributed by atoms with Crippen LogP contribution in [0.3, 0.4) is 0 Å². The molecule has 3 nitrogen and oxygen atoms in total. The number of benzene rings is 1. The quantitative estimate of drug-likeness (QED) is 0.886. The first kappa shape index (κ1) is 13.7. The number of carbonyl (C=O) groups is 1. The SMILES string of the molecule is CN(CCC(=O)O)Cc1ccc(Br)c(Br)c1. The Morgan fingerprint density at radius 3 is 2.62 bits per heavy atom. The van der Waals surface area contributed by atoms with Crippen LogP contribution in [0.15, 0.2) is 27.1 Å². The van der Waals surface area contributed by atoms with Crippen molar-refractivity contribution in [2.24, 2.45) is 0 Å². The summed E-state index contributed by atoms with van der Waals surface area (Å²) >= 11 is 6.85. The zero-order valence-corrected chi connectivity index (χ0v) is 12.1. The molecule has 0 heterocycles. The molecule has 16 heavy (non-hydrogen) atoms. The second-order valence-corrected chi connectivity index (χ2v) is 5.34. The molecule has 0 aromatic heterocycles. The van der Waals surface area contributed by atoms with Crippen molar-refractivity contribution in [2.75, 3.05) is 13.6 Å². The summed E-state index contributed by atoms with van der Waals surface area (Å²) in [6, 6.07) is 6.03. The third kappa shape index (κ3) is 4.63. The molecule has 88 valence electrons. The van der Waals surface area contributed by atoms with E-state index < -0.39 is 5.97 Å². The Morgan fingerprint density at radius 1 is 1.38 bits per heavy atom. The molecule has 0 unspecified atom stereocenters. The highest BCUT2D eigenvalue weighted by Gasteiger charge is 2.05. The Bertz CT molecular complexity index is 382. The van der Waals surface area contributed by atoms with Gasteiger partial charge in [-0.1, -0.05) is 6.07 Å². The van der Waals surface area contributed by atoms with Crippen molar-refractivity contribution in [3.8, 4) is 0 Å². The molecule has 0 aliphatic carbocycles. The standard InChI is InChI=1S/C11H13Br2NO2/c1-14(5-4-11(15)16)7-8-2-3-9(12)10(13)6-8/h2-3,6H,4-5,7H2,1H3,(H,15,16). The molecule has 0 fully saturated rings. The molecule has 0 atom stereocenters. The van der Waals surface area contributed by atoms with Crippen LogP contribution in [-0.4, -0.2) is 29.6 Å². The van der Waals surface area contributed by atoms with Crippen molar-refractivity contribution in [2.45, 2.75) is 13.0 Å². The number of rotatable bonds is 5. The first-order chi connectivity index (χ1) is 7.49. The second-order valence-electron chi connectivity index (χ2n) is 3.63. The number of nitrogens with zero attached hydrogens (tertiary/aromatic N) is 1. The molecule has 0 aliphatic heterocycles. The van der Waals surface area contributed by atoms with Crippen molar-refractivity contribution in [1.82, 2.24) is 4.90 Å². The molecule has 0 saturated carbocycles. The average Bonchev–Trinajstić information content (AvgIpc) is 2.21. The zero-order valence-electron chi connectivity index (χ0n) is 8.91. The number of aliphatic carboxylic acids is 1. The largest absolute Gasteiger partial charge is 0.481 e. The monoisotopic (exact) mass is 349 g/mol. The van der Waals surface area contributed by atoms with Crippen LogP contribution in [0.4, 0.5) is 0 Å². The molecule has 1 aromatic rings. The third-order valence-electron chi connectivity index (χ3n) is 2.14. The van der Waals surface area contributed by atoms with Gasteiger partial charge in [-0.3, -0.25) is 4.79 Å². The van der Waals surface area contributed by atoms with Crippen molar-refractivity contribution in [3.63, 3.8) is 0 Å². The minimum atomic E-state index is -0.760. The maximum absolute atomic E-state index is 10.4. The fourth-order valence-electron chi connectivity index (χ4n) is 1.32. The molecule has 1 aromatic carbocycles. The van der Waals surface area contributed by atoms with Crippen molar-refractivity contribution >= 4 is 37.8 Å². The summed E-state index contributed by atoms with van der Waals surface area (Å²) in [4.78, 5) is 12.4. The minimum Gasteiger partial charge on any atom is -0.481 e. The highest BCUT2D eigenvalue weighted by atomic mass is 79.9. The van der Waals surface area contributed by atoms with Gasteiger partial charge in [0.25, 0.3) is 0 Å². The molecule has 0 aliphatic rings. The average molecular weight is 351 g/mol. The van der Waals surface area contributed by atoms with E-state index in [4.69, 9.17) is 5.11 Å². The van der Waals surface area contributed by atoms with Crippen molar-refractivity contribution < 1.29 is 9.90 Å². The fraction of sp³-hybridized carbons (Fsp3) is 0.364. The van der Waals surface area contributed by atoms with Crippen molar-refractivity contribution in [1.29, 1.82) is 0 Å². The van der Waals surface area contributed by atoms with Crippen LogP contribution >= 0.6 is 31.9 Å². The van der Waals surface area contributed by atoms with Crippen LogP contribution in [0.5, 0.6) is 0 Å². The first-order valence-corrected chi connectivity index (χ1v) is 6.42. The van der Waals surface area contributed by atoms with Crippen LogP contribution in [0.1, 0.15) is 12.0 Å². The molecular formula is C11H13Br2NO2. The lowest BCUT2D eigenvalue weighted by molar-refractivity contribution is -0.137. The van der Waals surface area contributed by atoms with Gasteiger partial charge >= 0.3 is 5.97 Å². The highest BCUT2D eigenvalue weighted by molar-refractivity contribution is 9.13. The van der Waals surface area contributed by atoms with Crippen molar-refractivity contribution in [3.05, 3.63) is 32.7 Å². The Hall–Kier alpha value is -0.390. The lowest BCUT2D eigenvalue weighted by atomic mass is 10.2. The molecule has 0 saturated heterocycles. The smallest absolute Gasteiger partial charge is 0.304 e. The summed E-state index contributed by atoms with van der Waals surface area (Å²) < 4.78 is 2.03. The van der Waals surface area contributed by atoms with Gasteiger partial charge in [-0.05, 0) is 56.6 Å². The molecule has 5 heteroatoms. The van der Waals surface area contributed by atoms with Crippen LogP contribution in [-0.2, 0) is 11.3 Å². The van der Waals surface area contributed by atoms with E-state index in [-0.39, 0.29) is 6.42 Å². The Kier molecular flexibility index (Phi) is 5.44. The van der Waals surface area contributed by atoms with Gasteiger partial charge in [-0.15, -0.1) is 0 Å². The first-order valence-electron chi connectivity index (χ1n) is 4.83. The van der Waals surface area contributed by atoms with Gasteiger partial charge in [0.1, 0.15) is 0 Å². The predicted octanol–water partition coefficient (Wildman–Crippen LogP) is 3.12. The van der Waals surface area contributed by atoms with Gasteiger partial charge in [-0.25, -0.2) is 0 Å². The van der Waals surface area contributed by atoms with Gasteiger partial charge in [0.15, 0.2) is 0 Å². The van der Waals surface area contributed by atoms with Gasteiger partial charge in [0, 0.05) is 22.0 Å². The lowest BCUT2D eigenvalue weighted by Crippen LogP contribution is -2.21. The topological polar surface area (TPSA) is 40.5 Å². The van der Waals surface area contributed by atoms with E-state index in [9.17, 15) is 4.79 Å². The van der Waals surface area contributed by atoms with E-state index >= 15 is 0 Å². The summed E-state index contributed by atoms with van der Waals surface area (Å²) in [5.41, 5.74) is 1.16. The molecule has 1 rings (SSSR count). The van der Waals surface area contributed by atoms with E-state index in [1.54, 1.807) is 0 Å². The molecule has 0 bridgehead atoms. The molecule has 0 radical (unpaired) electrons. The molecule has 1 N–H and O–H groups in total. The molecule has 0 amide bonds. The van der Waals surface area contributed by atoms with E-state index in [0.717, 1.165) is 21.1 Å². The second kappa shape index (κ2) is 6.37. The van der Waals surface area contributed by atoms with Gasteiger partial charge in [0.2, 0.25) is 0 Å². The third-order valence-corrected chi connectivity index (χ3v) is 4.02. The van der Waals surface area contributed by atoms with Gasteiger partial charge < -0.3 is 10.0 Å². The minimum absolute atomic E-state index is 0.175. The van der Waals surface area contributed by atoms with Crippen LogP contribution in [0.25, 0.3) is 0 Å². The van der Waals surface area contributed by atoms with E-state index in [1.807, 2.05) is 30.1 Å². The van der Waals surface area contributed by atoms with Crippen LogP contribution in [0, 0.1) is 0 Å². The summed E-state index contributed by atoms with van der Waals surface area (Å²) in [7, 11) is 1.92. The normalized spacial score (nSPS) is 10.8. The summed E-state index contributed by atoms with van der Waals surface area (Å²) in [6.45, 7) is 1.31. The number of carboxylic acid groups (broad SMARTS) is 1. The van der Waals surface area contributed by atoms with Crippen LogP contribution < -0.4 is 0 Å². The number of carboxylic acids is 1. The van der Waals surface area contributed by atoms with E-state index in [0.29, 0.717) is 6.54 Å². The maximum atomic E-state index is 10.4. The summed E-state index contributed by atoms with van der Waals surface area (Å²) in [5.74, 6) is -0.760. The Labute approximate surface area is 112 Å². The Morgan fingerprint density at radius 2 is 2.06 bits per heavy atom. The highest BCUT2D eigenvalue weighted by Crippen LogP contribution is 2.24. The summed E-state index contributed by atoms with van der Waals surface area (Å²) in [6.07, 6.45) is 0.175.